The summed E-state index contributed by atoms with van der Waals surface area (Å²) in [7, 11) is 0. The zero-order valence-corrected chi connectivity index (χ0v) is 11.7. The maximum atomic E-state index is 11.9. The Bertz CT molecular complexity index is 303. The number of hydrogen-bond donors (Lipinski definition) is 2. The van der Waals surface area contributed by atoms with E-state index in [2.05, 4.69) is 24.1 Å². The van der Waals surface area contributed by atoms with Gasteiger partial charge in [0.15, 0.2) is 0 Å². The van der Waals surface area contributed by atoms with Gasteiger partial charge < -0.3 is 16.0 Å². The fourth-order valence-corrected chi connectivity index (χ4v) is 3.91. The maximum Gasteiger partial charge on any atom is 0.238 e. The van der Waals surface area contributed by atoms with Crippen molar-refractivity contribution < 1.29 is 4.79 Å². The lowest BCUT2D eigenvalue weighted by Gasteiger charge is -2.36. The van der Waals surface area contributed by atoms with E-state index in [1.807, 2.05) is 0 Å². The van der Waals surface area contributed by atoms with Crippen LogP contribution in [0.3, 0.4) is 0 Å². The van der Waals surface area contributed by atoms with Crippen LogP contribution in [0.15, 0.2) is 0 Å². The molecule has 0 aromatic rings. The summed E-state index contributed by atoms with van der Waals surface area (Å²) < 4.78 is 0. The van der Waals surface area contributed by atoms with E-state index >= 15 is 0 Å². The molecule has 0 radical (unpaired) electrons. The molecule has 2 rings (SSSR count). The minimum Gasteiger partial charge on any atom is -0.368 e. The van der Waals surface area contributed by atoms with E-state index in [0.29, 0.717) is 5.92 Å². The molecular weight excluding hydrogens is 226 g/mol. The number of nitrogens with one attached hydrogen (secondary N) is 1. The average Bonchev–Trinajstić information content (AvgIpc) is 2.95. The van der Waals surface area contributed by atoms with Crippen LogP contribution in [0.2, 0.25) is 0 Å². The molecule has 3 unspecified atom stereocenters. The van der Waals surface area contributed by atoms with Crippen LogP contribution < -0.4 is 11.1 Å². The molecule has 104 valence electrons. The van der Waals surface area contributed by atoms with Crippen molar-refractivity contribution in [3.63, 3.8) is 0 Å². The van der Waals surface area contributed by atoms with Crippen molar-refractivity contribution in [1.29, 1.82) is 0 Å². The van der Waals surface area contributed by atoms with Gasteiger partial charge in [0.05, 0.1) is 0 Å². The highest BCUT2D eigenvalue weighted by Gasteiger charge is 2.54. The number of carbonyl (C=O) groups is 1. The molecule has 0 saturated heterocycles. The van der Waals surface area contributed by atoms with E-state index in [9.17, 15) is 4.79 Å². The number of nitrogens with zero attached hydrogens (tertiary/aromatic N) is 1. The van der Waals surface area contributed by atoms with Gasteiger partial charge in [-0.1, -0.05) is 20.3 Å². The van der Waals surface area contributed by atoms with Gasteiger partial charge in [0.25, 0.3) is 0 Å². The van der Waals surface area contributed by atoms with E-state index in [1.54, 1.807) is 0 Å². The van der Waals surface area contributed by atoms with Crippen molar-refractivity contribution in [2.45, 2.75) is 45.1 Å². The van der Waals surface area contributed by atoms with Gasteiger partial charge in [-0.25, -0.2) is 0 Å². The lowest BCUT2D eigenvalue weighted by molar-refractivity contribution is -0.126. The molecule has 0 heterocycles. The molecule has 1 amide bonds. The van der Waals surface area contributed by atoms with Crippen LogP contribution in [-0.4, -0.2) is 42.5 Å². The Morgan fingerprint density at radius 3 is 2.56 bits per heavy atom. The second-order valence-electron chi connectivity index (χ2n) is 5.87. The molecule has 2 saturated carbocycles. The summed E-state index contributed by atoms with van der Waals surface area (Å²) in [5, 5.41) is 3.51. The highest BCUT2D eigenvalue weighted by Crippen LogP contribution is 2.50. The number of fused-ring (bicyclic) bond motifs is 2. The summed E-state index contributed by atoms with van der Waals surface area (Å²) >= 11 is 0. The Morgan fingerprint density at radius 1 is 1.39 bits per heavy atom. The van der Waals surface area contributed by atoms with Gasteiger partial charge in [-0.2, -0.15) is 0 Å². The summed E-state index contributed by atoms with van der Waals surface area (Å²) in [6.07, 6.45) is 4.62. The minimum absolute atomic E-state index is 0.130. The predicted molar refractivity (Wildman–Crippen MR) is 73.2 cm³/mol. The SMILES string of the molecule is CCN(CC)CCNC1(C(N)=O)CC2CCC1C2. The number of hydrogen-bond acceptors (Lipinski definition) is 3. The molecule has 3 atom stereocenters. The average molecular weight is 253 g/mol. The third-order valence-corrected chi connectivity index (χ3v) is 5.05. The largest absolute Gasteiger partial charge is 0.368 e. The third kappa shape index (κ3) is 2.41. The quantitative estimate of drug-likeness (QED) is 0.710. The summed E-state index contributed by atoms with van der Waals surface area (Å²) in [4.78, 5) is 14.2. The highest BCUT2D eigenvalue weighted by molar-refractivity contribution is 5.85. The zero-order valence-electron chi connectivity index (χ0n) is 11.7. The van der Waals surface area contributed by atoms with Crippen molar-refractivity contribution in [1.82, 2.24) is 10.2 Å². The first-order valence-electron chi connectivity index (χ1n) is 7.39. The van der Waals surface area contributed by atoms with Crippen molar-refractivity contribution in [2.24, 2.45) is 17.6 Å². The van der Waals surface area contributed by atoms with Crippen LogP contribution in [0.5, 0.6) is 0 Å². The van der Waals surface area contributed by atoms with Crippen LogP contribution in [-0.2, 0) is 4.79 Å². The fraction of sp³-hybridized carbons (Fsp3) is 0.929. The Kier molecular flexibility index (Phi) is 4.28. The van der Waals surface area contributed by atoms with Gasteiger partial charge in [-0.05, 0) is 44.2 Å². The summed E-state index contributed by atoms with van der Waals surface area (Å²) in [6.45, 7) is 8.34. The fourth-order valence-electron chi connectivity index (χ4n) is 3.91. The number of carbonyl (C=O) groups excluding carboxylic acids is 1. The molecular formula is C14H27N3O. The predicted octanol–water partition coefficient (Wildman–Crippen LogP) is 0.962. The molecule has 0 aromatic carbocycles. The van der Waals surface area contributed by atoms with Crippen molar-refractivity contribution in [3.05, 3.63) is 0 Å². The zero-order chi connectivity index (χ0) is 13.2. The van der Waals surface area contributed by atoms with Crippen LogP contribution in [0.25, 0.3) is 0 Å². The summed E-state index contributed by atoms with van der Waals surface area (Å²) in [5.74, 6) is 1.08. The van der Waals surface area contributed by atoms with Gasteiger partial charge in [-0.3, -0.25) is 4.79 Å². The van der Waals surface area contributed by atoms with Gasteiger partial charge >= 0.3 is 0 Å². The number of primary amides is 1. The van der Waals surface area contributed by atoms with Crippen molar-refractivity contribution in [3.8, 4) is 0 Å². The third-order valence-electron chi connectivity index (χ3n) is 5.05. The maximum absolute atomic E-state index is 11.9. The molecule has 2 fully saturated rings. The Hall–Kier alpha value is -0.610. The standard InChI is InChI=1S/C14H27N3O/c1-3-17(4-2)8-7-16-14(13(15)18)10-11-5-6-12(14)9-11/h11-12,16H,3-10H2,1-2H3,(H2,15,18). The molecule has 0 aliphatic heterocycles. The van der Waals surface area contributed by atoms with E-state index in [-0.39, 0.29) is 5.91 Å². The Morgan fingerprint density at radius 2 is 2.11 bits per heavy atom. The number of amides is 1. The highest BCUT2D eigenvalue weighted by atomic mass is 16.1. The molecule has 2 aliphatic rings. The summed E-state index contributed by atoms with van der Waals surface area (Å²) in [6, 6.07) is 0. The second-order valence-corrected chi connectivity index (χ2v) is 5.87. The molecule has 2 bridgehead atoms. The number of likely N-dealkylation sites (N-methyl/N-ethyl adjacent to an activating group) is 1. The van der Waals surface area contributed by atoms with E-state index in [4.69, 9.17) is 5.73 Å². The minimum atomic E-state index is -0.393. The van der Waals surface area contributed by atoms with Crippen molar-refractivity contribution >= 4 is 5.91 Å². The molecule has 2 aliphatic carbocycles. The molecule has 4 heteroatoms. The summed E-state index contributed by atoms with van der Waals surface area (Å²) in [5.41, 5.74) is 5.29. The van der Waals surface area contributed by atoms with Gasteiger partial charge in [0.2, 0.25) is 5.91 Å². The Balaban J connectivity index is 1.90. The topological polar surface area (TPSA) is 58.4 Å². The van der Waals surface area contributed by atoms with Gasteiger partial charge in [0.1, 0.15) is 5.54 Å². The van der Waals surface area contributed by atoms with Crippen LogP contribution >= 0.6 is 0 Å². The smallest absolute Gasteiger partial charge is 0.238 e. The van der Waals surface area contributed by atoms with Crippen LogP contribution in [0.4, 0.5) is 0 Å². The molecule has 4 nitrogen and oxygen atoms in total. The van der Waals surface area contributed by atoms with Crippen LogP contribution in [0, 0.1) is 11.8 Å². The number of rotatable bonds is 7. The molecule has 3 N–H and O–H groups in total. The molecule has 0 aromatic heterocycles. The van der Waals surface area contributed by atoms with E-state index in [0.717, 1.165) is 38.5 Å². The van der Waals surface area contributed by atoms with E-state index in [1.165, 1.54) is 19.3 Å². The van der Waals surface area contributed by atoms with Crippen LogP contribution in [0.1, 0.15) is 39.5 Å². The lowest BCUT2D eigenvalue weighted by atomic mass is 9.80. The molecule has 0 spiro atoms. The molecule has 18 heavy (non-hydrogen) atoms. The monoisotopic (exact) mass is 253 g/mol. The van der Waals surface area contributed by atoms with E-state index < -0.39 is 5.54 Å². The lowest BCUT2D eigenvalue weighted by Crippen LogP contribution is -2.60. The number of nitrogens with two attached hydrogens (primary N) is 1. The first kappa shape index (κ1) is 13.8. The normalized spacial score (nSPS) is 34.4. The van der Waals surface area contributed by atoms with Crippen molar-refractivity contribution in [2.75, 3.05) is 26.2 Å². The first-order chi connectivity index (χ1) is 8.62. The first-order valence-corrected chi connectivity index (χ1v) is 7.39. The Labute approximate surface area is 110 Å². The van der Waals surface area contributed by atoms with Gasteiger partial charge in [-0.15, -0.1) is 0 Å². The second kappa shape index (κ2) is 5.57. The van der Waals surface area contributed by atoms with Gasteiger partial charge in [0, 0.05) is 13.1 Å².